The van der Waals surface area contributed by atoms with Crippen LogP contribution in [-0.2, 0) is 4.84 Å². The van der Waals surface area contributed by atoms with E-state index in [9.17, 15) is 9.18 Å². The lowest BCUT2D eigenvalue weighted by molar-refractivity contribution is -0.0830. The zero-order chi connectivity index (χ0) is 23.7. The molecule has 3 heterocycles. The Morgan fingerprint density at radius 2 is 2.03 bits per heavy atom. The van der Waals surface area contributed by atoms with Gasteiger partial charge in [0.1, 0.15) is 22.8 Å². The van der Waals surface area contributed by atoms with E-state index in [4.69, 9.17) is 10.6 Å². The van der Waals surface area contributed by atoms with E-state index in [0.29, 0.717) is 40.9 Å². The van der Waals surface area contributed by atoms with Crippen LogP contribution in [0.2, 0.25) is 0 Å². The number of hydroxylamine groups is 2. The number of hydrogen-bond acceptors (Lipinski definition) is 6. The predicted molar refractivity (Wildman–Crippen MR) is 130 cm³/mol. The van der Waals surface area contributed by atoms with Crippen LogP contribution in [0.1, 0.15) is 34.7 Å². The Balaban J connectivity index is 1.41. The van der Waals surface area contributed by atoms with Gasteiger partial charge in [-0.05, 0) is 30.2 Å². The fourth-order valence-electron chi connectivity index (χ4n) is 3.85. The van der Waals surface area contributed by atoms with Crippen molar-refractivity contribution in [3.63, 3.8) is 0 Å². The molecule has 0 radical (unpaired) electrons. The molecule has 0 unspecified atom stereocenters. The first kappa shape index (κ1) is 21.8. The second-order valence-corrected chi connectivity index (χ2v) is 8.65. The van der Waals surface area contributed by atoms with Crippen LogP contribution in [0.5, 0.6) is 0 Å². The van der Waals surface area contributed by atoms with Crippen molar-refractivity contribution < 1.29 is 14.0 Å². The van der Waals surface area contributed by atoms with Gasteiger partial charge in [-0.3, -0.25) is 4.84 Å². The summed E-state index contributed by atoms with van der Waals surface area (Å²) in [5.41, 5.74) is 8.89. The number of halogens is 1. The standard InChI is InChI=1S/C25H20FN5O2S/c1-15-11-19(26)20(30-25(32)31-21(9-10-33-31)16-5-3-2-4-6-16)12-17(15)7-8-18-13-34-24-22(18)23(27)28-14-29-24/h2-6,11-14,21H,9-10H2,1H3,(H,30,32)(H2,27,28,29)/t21-/m1/s1. The third kappa shape index (κ3) is 4.17. The molecule has 7 nitrogen and oxygen atoms in total. The highest BCUT2D eigenvalue weighted by Crippen LogP contribution is 2.31. The first-order valence-corrected chi connectivity index (χ1v) is 11.5. The van der Waals surface area contributed by atoms with Gasteiger partial charge in [0.25, 0.3) is 0 Å². The molecule has 34 heavy (non-hydrogen) atoms. The number of nitrogens with two attached hydrogens (primary N) is 1. The molecule has 2 amide bonds. The van der Waals surface area contributed by atoms with Crippen LogP contribution in [0.25, 0.3) is 10.2 Å². The zero-order valence-electron chi connectivity index (χ0n) is 18.2. The Morgan fingerprint density at radius 1 is 1.24 bits per heavy atom. The maximum atomic E-state index is 14.7. The first-order valence-electron chi connectivity index (χ1n) is 10.6. The summed E-state index contributed by atoms with van der Waals surface area (Å²) in [7, 11) is 0. The van der Waals surface area contributed by atoms with Crippen molar-refractivity contribution >= 4 is 39.1 Å². The monoisotopic (exact) mass is 473 g/mol. The number of nitrogens with one attached hydrogen (secondary N) is 1. The van der Waals surface area contributed by atoms with Gasteiger partial charge in [0.15, 0.2) is 0 Å². The molecule has 1 saturated heterocycles. The fourth-order valence-corrected chi connectivity index (χ4v) is 4.69. The van der Waals surface area contributed by atoms with Crippen molar-refractivity contribution in [3.8, 4) is 11.8 Å². The van der Waals surface area contributed by atoms with E-state index in [1.165, 1.54) is 34.9 Å². The van der Waals surface area contributed by atoms with Crippen molar-refractivity contribution in [2.24, 2.45) is 0 Å². The molecule has 0 saturated carbocycles. The molecule has 3 N–H and O–H groups in total. The van der Waals surface area contributed by atoms with E-state index in [-0.39, 0.29) is 11.7 Å². The summed E-state index contributed by atoms with van der Waals surface area (Å²) in [6.07, 6.45) is 2.07. The van der Waals surface area contributed by atoms with Crippen molar-refractivity contribution in [3.05, 3.63) is 82.2 Å². The lowest BCUT2D eigenvalue weighted by atomic mass is 10.1. The summed E-state index contributed by atoms with van der Waals surface area (Å²) in [6, 6.07) is 11.7. The van der Waals surface area contributed by atoms with E-state index in [0.717, 1.165) is 10.4 Å². The number of fused-ring (bicyclic) bond motifs is 1. The quantitative estimate of drug-likeness (QED) is 0.398. The number of nitrogens with zero attached hydrogens (tertiary/aromatic N) is 3. The molecule has 4 aromatic rings. The van der Waals surface area contributed by atoms with E-state index >= 15 is 0 Å². The highest BCUT2D eigenvalue weighted by atomic mass is 32.1. The van der Waals surface area contributed by atoms with Gasteiger partial charge in [-0.15, -0.1) is 11.3 Å². The normalized spacial score (nSPS) is 15.2. The molecule has 1 aliphatic heterocycles. The Kier molecular flexibility index (Phi) is 5.84. The third-order valence-corrected chi connectivity index (χ3v) is 6.46. The topological polar surface area (TPSA) is 93.4 Å². The Hall–Kier alpha value is -4.00. The van der Waals surface area contributed by atoms with Crippen LogP contribution in [-0.4, -0.2) is 27.7 Å². The summed E-state index contributed by atoms with van der Waals surface area (Å²) in [6.45, 7) is 2.17. The molecular formula is C25H20FN5O2S. The number of aryl methyl sites for hydroxylation is 1. The molecule has 0 aliphatic carbocycles. The average Bonchev–Trinajstić information content (AvgIpc) is 3.49. The van der Waals surface area contributed by atoms with Crippen LogP contribution in [0.4, 0.5) is 20.7 Å². The number of hydrogen-bond donors (Lipinski definition) is 2. The molecule has 2 aromatic carbocycles. The summed E-state index contributed by atoms with van der Waals surface area (Å²) in [4.78, 5) is 27.5. The minimum atomic E-state index is -0.550. The van der Waals surface area contributed by atoms with Gasteiger partial charge in [-0.2, -0.15) is 5.06 Å². The van der Waals surface area contributed by atoms with Crippen LogP contribution < -0.4 is 11.1 Å². The van der Waals surface area contributed by atoms with Crippen molar-refractivity contribution in [1.29, 1.82) is 0 Å². The minimum absolute atomic E-state index is 0.0280. The van der Waals surface area contributed by atoms with E-state index in [1.54, 1.807) is 6.92 Å². The molecule has 0 spiro atoms. The Labute approximate surface area is 199 Å². The number of rotatable bonds is 2. The summed E-state index contributed by atoms with van der Waals surface area (Å²) in [5, 5.41) is 6.46. The molecular weight excluding hydrogens is 453 g/mol. The third-order valence-electron chi connectivity index (χ3n) is 5.58. The Bertz CT molecular complexity index is 1440. The van der Waals surface area contributed by atoms with Gasteiger partial charge in [0.2, 0.25) is 0 Å². The molecule has 9 heteroatoms. The second-order valence-electron chi connectivity index (χ2n) is 7.79. The summed E-state index contributed by atoms with van der Waals surface area (Å²) >= 11 is 1.42. The van der Waals surface area contributed by atoms with Gasteiger partial charge in [0.05, 0.1) is 23.7 Å². The number of amides is 2. The largest absolute Gasteiger partial charge is 0.383 e. The van der Waals surface area contributed by atoms with E-state index in [1.807, 2.05) is 35.7 Å². The maximum absolute atomic E-state index is 14.7. The lowest BCUT2D eigenvalue weighted by Crippen LogP contribution is -2.33. The van der Waals surface area contributed by atoms with Crippen molar-refractivity contribution in [2.45, 2.75) is 19.4 Å². The molecule has 2 aromatic heterocycles. The molecule has 0 bridgehead atoms. The maximum Gasteiger partial charge on any atom is 0.346 e. The van der Waals surface area contributed by atoms with Gasteiger partial charge in [-0.1, -0.05) is 42.2 Å². The number of thiophene rings is 1. The highest BCUT2D eigenvalue weighted by Gasteiger charge is 2.32. The molecule has 1 atom stereocenters. The second kappa shape index (κ2) is 9.09. The SMILES string of the molecule is Cc1cc(F)c(NC(=O)N2OCC[C@@H]2c2ccccc2)cc1C#Cc1csc2ncnc(N)c12. The summed E-state index contributed by atoms with van der Waals surface area (Å²) in [5.74, 6) is 5.95. The van der Waals surface area contributed by atoms with Gasteiger partial charge < -0.3 is 11.1 Å². The smallest absolute Gasteiger partial charge is 0.346 e. The minimum Gasteiger partial charge on any atom is -0.383 e. The van der Waals surface area contributed by atoms with Gasteiger partial charge >= 0.3 is 6.03 Å². The van der Waals surface area contributed by atoms with E-state index in [2.05, 4.69) is 27.1 Å². The molecule has 1 fully saturated rings. The zero-order valence-corrected chi connectivity index (χ0v) is 19.0. The van der Waals surface area contributed by atoms with Crippen molar-refractivity contribution in [2.75, 3.05) is 17.7 Å². The number of urea groups is 1. The van der Waals surface area contributed by atoms with Gasteiger partial charge in [-0.25, -0.2) is 19.2 Å². The van der Waals surface area contributed by atoms with Crippen LogP contribution >= 0.6 is 11.3 Å². The Morgan fingerprint density at radius 3 is 2.85 bits per heavy atom. The highest BCUT2D eigenvalue weighted by molar-refractivity contribution is 7.17. The van der Waals surface area contributed by atoms with Crippen LogP contribution in [0, 0.1) is 24.6 Å². The summed E-state index contributed by atoms with van der Waals surface area (Å²) < 4.78 is 14.7. The predicted octanol–water partition coefficient (Wildman–Crippen LogP) is 5.03. The van der Waals surface area contributed by atoms with Crippen LogP contribution in [0.15, 0.2) is 54.2 Å². The van der Waals surface area contributed by atoms with Crippen LogP contribution in [0.3, 0.4) is 0 Å². The number of carbonyl (C=O) groups excluding carboxylic acids is 1. The molecule has 170 valence electrons. The lowest BCUT2D eigenvalue weighted by Gasteiger charge is -2.23. The van der Waals surface area contributed by atoms with Crippen molar-refractivity contribution in [1.82, 2.24) is 15.0 Å². The number of nitrogen functional groups attached to an aromatic ring is 1. The molecule has 1 aliphatic rings. The van der Waals surface area contributed by atoms with Gasteiger partial charge in [0, 0.05) is 22.9 Å². The van der Waals surface area contributed by atoms with E-state index < -0.39 is 11.8 Å². The number of benzene rings is 2. The number of carbonyl (C=O) groups is 1. The number of aromatic nitrogens is 2. The first-order chi connectivity index (χ1) is 16.5. The number of anilines is 2. The fraction of sp³-hybridized carbons (Fsp3) is 0.160. The average molecular weight is 474 g/mol. The molecule has 5 rings (SSSR count).